The largest absolute Gasteiger partial charge is 0.313 e. The normalized spacial score (nSPS) is 21.2. The Bertz CT molecular complexity index is 201. The highest BCUT2D eigenvalue weighted by Gasteiger charge is 2.40. The zero-order valence-corrected chi connectivity index (χ0v) is 11.4. The smallest absolute Gasteiger partial charge is 0.0158 e. The highest BCUT2D eigenvalue weighted by atomic mass is 14.9. The molecule has 94 valence electrons. The van der Waals surface area contributed by atoms with Gasteiger partial charge in [-0.25, -0.2) is 0 Å². The fourth-order valence-electron chi connectivity index (χ4n) is 3.55. The average Bonchev–Trinajstić information content (AvgIpc) is 2.66. The fourth-order valence-corrected chi connectivity index (χ4v) is 3.55. The van der Waals surface area contributed by atoms with Crippen molar-refractivity contribution in [3.05, 3.63) is 12.7 Å². The van der Waals surface area contributed by atoms with Gasteiger partial charge in [-0.15, -0.1) is 6.58 Å². The van der Waals surface area contributed by atoms with Gasteiger partial charge in [0.15, 0.2) is 0 Å². The minimum Gasteiger partial charge on any atom is -0.313 e. The molecule has 0 radical (unpaired) electrons. The van der Waals surface area contributed by atoms with Crippen LogP contribution in [0.4, 0.5) is 0 Å². The summed E-state index contributed by atoms with van der Waals surface area (Å²) >= 11 is 0. The van der Waals surface area contributed by atoms with E-state index in [0.717, 1.165) is 18.9 Å². The Hall–Kier alpha value is -0.300. The lowest BCUT2D eigenvalue weighted by Crippen LogP contribution is -2.44. The molecule has 1 atom stereocenters. The van der Waals surface area contributed by atoms with Gasteiger partial charge in [-0.05, 0) is 43.6 Å². The van der Waals surface area contributed by atoms with Crippen LogP contribution in [0.25, 0.3) is 0 Å². The van der Waals surface area contributed by atoms with E-state index in [4.69, 9.17) is 0 Å². The molecule has 0 heterocycles. The summed E-state index contributed by atoms with van der Waals surface area (Å²) in [6.07, 6.45) is 10.3. The predicted octanol–water partition coefficient (Wildman–Crippen LogP) is 4.15. The third-order valence-electron chi connectivity index (χ3n) is 4.01. The van der Waals surface area contributed by atoms with Crippen molar-refractivity contribution in [2.24, 2.45) is 11.3 Å². The molecule has 0 aromatic carbocycles. The second kappa shape index (κ2) is 6.44. The second-order valence-corrected chi connectivity index (χ2v) is 5.80. The molecule has 1 N–H and O–H groups in total. The van der Waals surface area contributed by atoms with Crippen LogP contribution in [0.1, 0.15) is 59.3 Å². The Balaban J connectivity index is 2.74. The van der Waals surface area contributed by atoms with Gasteiger partial charge >= 0.3 is 0 Å². The molecule has 0 aromatic rings. The van der Waals surface area contributed by atoms with Gasteiger partial charge in [-0.3, -0.25) is 0 Å². The van der Waals surface area contributed by atoms with Crippen LogP contribution < -0.4 is 5.32 Å². The first-order valence-corrected chi connectivity index (χ1v) is 6.99. The van der Waals surface area contributed by atoms with Crippen molar-refractivity contribution in [1.29, 1.82) is 0 Å². The fraction of sp³-hybridized carbons (Fsp3) is 0.867. The van der Waals surface area contributed by atoms with Crippen LogP contribution in [0, 0.1) is 11.3 Å². The summed E-state index contributed by atoms with van der Waals surface area (Å²) in [5.74, 6) is 0.809. The molecule has 1 unspecified atom stereocenters. The molecule has 1 heteroatoms. The lowest BCUT2D eigenvalue weighted by molar-refractivity contribution is 0.157. The Morgan fingerprint density at radius 1 is 1.31 bits per heavy atom. The quantitative estimate of drug-likeness (QED) is 0.639. The maximum atomic E-state index is 3.92. The first kappa shape index (κ1) is 13.8. The van der Waals surface area contributed by atoms with Gasteiger partial charge in [0.2, 0.25) is 0 Å². The van der Waals surface area contributed by atoms with Crippen LogP contribution >= 0.6 is 0 Å². The Labute approximate surface area is 102 Å². The van der Waals surface area contributed by atoms with Crippen molar-refractivity contribution in [3.63, 3.8) is 0 Å². The molecule has 0 spiro atoms. The maximum Gasteiger partial charge on any atom is 0.0158 e. The van der Waals surface area contributed by atoms with E-state index in [1.54, 1.807) is 0 Å². The molecule has 0 aromatic heterocycles. The van der Waals surface area contributed by atoms with Gasteiger partial charge in [0.05, 0.1) is 0 Å². The maximum absolute atomic E-state index is 3.92. The minimum atomic E-state index is 0.554. The van der Waals surface area contributed by atoms with E-state index in [2.05, 4.69) is 38.7 Å². The molecule has 1 rings (SSSR count). The van der Waals surface area contributed by atoms with Crippen LogP contribution in [-0.2, 0) is 0 Å². The summed E-state index contributed by atoms with van der Waals surface area (Å²) in [5, 5.41) is 3.70. The van der Waals surface area contributed by atoms with Crippen LogP contribution in [-0.4, -0.2) is 12.6 Å². The third-order valence-corrected chi connectivity index (χ3v) is 4.01. The average molecular weight is 223 g/mol. The number of hydrogen-bond donors (Lipinski definition) is 1. The van der Waals surface area contributed by atoms with E-state index in [1.165, 1.54) is 32.1 Å². The van der Waals surface area contributed by atoms with Crippen LogP contribution in [0.5, 0.6) is 0 Å². The monoisotopic (exact) mass is 223 g/mol. The Kier molecular flexibility index (Phi) is 5.54. The van der Waals surface area contributed by atoms with Crippen molar-refractivity contribution >= 4 is 0 Å². The van der Waals surface area contributed by atoms with E-state index < -0.39 is 0 Å². The van der Waals surface area contributed by atoms with E-state index in [-0.39, 0.29) is 0 Å². The summed E-state index contributed by atoms with van der Waals surface area (Å²) in [6.45, 7) is 11.9. The van der Waals surface area contributed by atoms with E-state index in [1.807, 2.05) is 0 Å². The van der Waals surface area contributed by atoms with Gasteiger partial charge in [-0.1, -0.05) is 39.7 Å². The van der Waals surface area contributed by atoms with Gasteiger partial charge in [0.25, 0.3) is 0 Å². The molecule has 0 aliphatic heterocycles. The van der Waals surface area contributed by atoms with Gasteiger partial charge < -0.3 is 5.32 Å². The van der Waals surface area contributed by atoms with E-state index in [9.17, 15) is 0 Å². The first-order chi connectivity index (χ1) is 7.64. The highest BCUT2D eigenvalue weighted by molar-refractivity contribution is 4.97. The van der Waals surface area contributed by atoms with Crippen LogP contribution in [0.3, 0.4) is 0 Å². The molecular formula is C15H29N. The third kappa shape index (κ3) is 3.35. The Morgan fingerprint density at radius 3 is 2.38 bits per heavy atom. The van der Waals surface area contributed by atoms with Gasteiger partial charge in [0, 0.05) is 6.04 Å². The van der Waals surface area contributed by atoms with Crippen LogP contribution in [0.15, 0.2) is 12.7 Å². The highest BCUT2D eigenvalue weighted by Crippen LogP contribution is 2.46. The first-order valence-electron chi connectivity index (χ1n) is 6.99. The molecule has 1 fully saturated rings. The molecule has 0 amide bonds. The van der Waals surface area contributed by atoms with Crippen molar-refractivity contribution in [1.82, 2.24) is 5.32 Å². The molecular weight excluding hydrogens is 194 g/mol. The van der Waals surface area contributed by atoms with E-state index >= 15 is 0 Å². The molecule has 1 saturated carbocycles. The molecule has 0 saturated heterocycles. The van der Waals surface area contributed by atoms with Gasteiger partial charge in [-0.2, -0.15) is 0 Å². The van der Waals surface area contributed by atoms with Crippen molar-refractivity contribution in [2.75, 3.05) is 6.54 Å². The zero-order chi connectivity index (χ0) is 12.0. The zero-order valence-electron chi connectivity index (χ0n) is 11.4. The summed E-state index contributed by atoms with van der Waals surface area (Å²) in [6, 6.07) is 0.653. The summed E-state index contributed by atoms with van der Waals surface area (Å²) < 4.78 is 0. The number of hydrogen-bond acceptors (Lipinski definition) is 1. The van der Waals surface area contributed by atoms with Crippen molar-refractivity contribution < 1.29 is 0 Å². The van der Waals surface area contributed by atoms with Crippen molar-refractivity contribution in [2.45, 2.75) is 65.3 Å². The summed E-state index contributed by atoms with van der Waals surface area (Å²) in [4.78, 5) is 0. The van der Waals surface area contributed by atoms with Crippen LogP contribution in [0.2, 0.25) is 0 Å². The van der Waals surface area contributed by atoms with Gasteiger partial charge in [0.1, 0.15) is 0 Å². The topological polar surface area (TPSA) is 12.0 Å². The molecule has 16 heavy (non-hydrogen) atoms. The lowest BCUT2D eigenvalue weighted by Gasteiger charge is -2.39. The summed E-state index contributed by atoms with van der Waals surface area (Å²) in [7, 11) is 0. The van der Waals surface area contributed by atoms with E-state index in [0.29, 0.717) is 11.5 Å². The molecule has 1 aliphatic carbocycles. The van der Waals surface area contributed by atoms with Crippen molar-refractivity contribution in [3.8, 4) is 0 Å². The standard InChI is InChI=1S/C15H29N/c1-5-9-14(16-6-2)15(12-13(3)4)10-7-8-11-15/h5,13-14,16H,1,6-12H2,2-4H3. The number of nitrogens with one attached hydrogen (secondary N) is 1. The SMILES string of the molecule is C=CCC(NCC)C1(CC(C)C)CCCC1. The lowest BCUT2D eigenvalue weighted by atomic mass is 9.71. The second-order valence-electron chi connectivity index (χ2n) is 5.80. The molecule has 1 nitrogen and oxygen atoms in total. The predicted molar refractivity (Wildman–Crippen MR) is 72.6 cm³/mol. The summed E-state index contributed by atoms with van der Waals surface area (Å²) in [5.41, 5.74) is 0.554. The Morgan fingerprint density at radius 2 is 1.94 bits per heavy atom. The number of rotatable bonds is 7. The minimum absolute atomic E-state index is 0.554. The molecule has 0 bridgehead atoms. The molecule has 1 aliphatic rings.